The van der Waals surface area contributed by atoms with E-state index in [1.165, 1.54) is 0 Å². The van der Waals surface area contributed by atoms with Crippen LogP contribution in [0.2, 0.25) is 0 Å². The van der Waals surface area contributed by atoms with Gasteiger partial charge in [0.2, 0.25) is 0 Å². The second-order valence-corrected chi connectivity index (χ2v) is 3.68. The van der Waals surface area contributed by atoms with E-state index >= 15 is 0 Å². The number of ether oxygens (including phenoxy) is 1. The van der Waals surface area contributed by atoms with Gasteiger partial charge in [0.05, 0.1) is 12.2 Å². The zero-order valence-electron chi connectivity index (χ0n) is 9.51. The average molecular weight is 231 g/mol. The van der Waals surface area contributed by atoms with Crippen molar-refractivity contribution in [2.24, 2.45) is 0 Å². The van der Waals surface area contributed by atoms with Crippen molar-refractivity contribution in [1.82, 2.24) is 0 Å². The molecule has 0 saturated carbocycles. The number of alkyl halides is 1. The molecule has 0 aliphatic carbocycles. The van der Waals surface area contributed by atoms with Crippen molar-refractivity contribution in [2.75, 3.05) is 12.5 Å². The molecule has 0 heterocycles. The Bertz CT molecular complexity index is 240. The molecule has 3 heteroatoms. The Kier molecular flexibility index (Phi) is 9.35. The molecule has 0 aromatic carbocycles. The van der Waals surface area contributed by atoms with Gasteiger partial charge >= 0.3 is 5.97 Å². The average Bonchev–Trinajstić information content (AvgIpc) is 2.23. The van der Waals surface area contributed by atoms with Crippen LogP contribution in [0.25, 0.3) is 0 Å². The summed E-state index contributed by atoms with van der Waals surface area (Å²) in [5, 5.41) is 0. The van der Waals surface area contributed by atoms with Crippen molar-refractivity contribution >= 4 is 17.6 Å². The van der Waals surface area contributed by atoms with Gasteiger partial charge in [-0.05, 0) is 32.8 Å². The number of carbonyl (C=O) groups excluding carboxylic acids is 1. The van der Waals surface area contributed by atoms with E-state index in [-0.39, 0.29) is 5.97 Å². The molecule has 0 fully saturated rings. The molecular formula is C12H19ClO2. The van der Waals surface area contributed by atoms with E-state index in [2.05, 4.69) is 5.73 Å². The van der Waals surface area contributed by atoms with Crippen LogP contribution < -0.4 is 0 Å². The Morgan fingerprint density at radius 1 is 1.33 bits per heavy atom. The van der Waals surface area contributed by atoms with Gasteiger partial charge in [0.1, 0.15) is 0 Å². The molecule has 0 aromatic heterocycles. The summed E-state index contributed by atoms with van der Waals surface area (Å²) < 4.78 is 5.05. The fourth-order valence-electron chi connectivity index (χ4n) is 1.10. The lowest BCUT2D eigenvalue weighted by Crippen LogP contribution is -2.06. The third-order valence-electron chi connectivity index (χ3n) is 1.93. The number of halogens is 1. The molecule has 0 atom stereocenters. The lowest BCUT2D eigenvalue weighted by atomic mass is 10.2. The van der Waals surface area contributed by atoms with E-state index in [4.69, 9.17) is 16.3 Å². The number of hydrogen-bond donors (Lipinski definition) is 0. The summed E-state index contributed by atoms with van der Waals surface area (Å²) in [6, 6.07) is 0. The second-order valence-electron chi connectivity index (χ2n) is 3.30. The molecule has 0 bridgehead atoms. The Morgan fingerprint density at radius 3 is 2.60 bits per heavy atom. The Labute approximate surface area is 97.0 Å². The maximum Gasteiger partial charge on any atom is 0.341 e. The van der Waals surface area contributed by atoms with Crippen molar-refractivity contribution in [3.05, 3.63) is 17.4 Å². The molecule has 0 spiro atoms. The molecule has 0 amide bonds. The largest absolute Gasteiger partial charge is 0.462 e. The van der Waals surface area contributed by atoms with Crippen molar-refractivity contribution in [2.45, 2.75) is 39.5 Å². The SMILES string of the molecule is CC=C=C(C)C(=O)OCCCCCCCl. The predicted molar refractivity (Wildman–Crippen MR) is 63.1 cm³/mol. The van der Waals surface area contributed by atoms with Gasteiger partial charge in [0.25, 0.3) is 0 Å². The fraction of sp³-hybridized carbons (Fsp3) is 0.667. The van der Waals surface area contributed by atoms with Crippen LogP contribution in [0.4, 0.5) is 0 Å². The first-order valence-corrected chi connectivity index (χ1v) is 5.86. The van der Waals surface area contributed by atoms with Gasteiger partial charge in [-0.3, -0.25) is 0 Å². The number of unbranched alkanes of at least 4 members (excludes halogenated alkanes) is 3. The maximum absolute atomic E-state index is 11.3. The molecule has 0 radical (unpaired) electrons. The summed E-state index contributed by atoms with van der Waals surface area (Å²) in [5.74, 6) is 0.439. The number of esters is 1. The van der Waals surface area contributed by atoms with E-state index in [0.29, 0.717) is 18.1 Å². The van der Waals surface area contributed by atoms with E-state index in [1.54, 1.807) is 13.0 Å². The maximum atomic E-state index is 11.3. The standard InChI is InChI=1S/C12H19ClO2/c1-3-8-11(2)12(14)15-10-7-5-4-6-9-13/h3H,4-7,9-10H2,1-2H3. The molecule has 0 aromatic rings. The van der Waals surface area contributed by atoms with Gasteiger partial charge < -0.3 is 4.74 Å². The molecule has 15 heavy (non-hydrogen) atoms. The van der Waals surface area contributed by atoms with Crippen LogP contribution >= 0.6 is 11.6 Å². The third kappa shape index (κ3) is 8.29. The zero-order chi connectivity index (χ0) is 11.5. The first-order chi connectivity index (χ1) is 7.22. The van der Waals surface area contributed by atoms with Crippen LogP contribution in [0.5, 0.6) is 0 Å². The smallest absolute Gasteiger partial charge is 0.341 e. The van der Waals surface area contributed by atoms with Gasteiger partial charge in [-0.2, -0.15) is 0 Å². The summed E-state index contributed by atoms with van der Waals surface area (Å²) in [6.45, 7) is 4.02. The normalized spacial score (nSPS) is 9.27. The summed E-state index contributed by atoms with van der Waals surface area (Å²) in [4.78, 5) is 11.3. The first kappa shape index (κ1) is 14.3. The predicted octanol–water partition coefficient (Wildman–Crippen LogP) is 3.45. The highest BCUT2D eigenvalue weighted by atomic mass is 35.5. The van der Waals surface area contributed by atoms with Gasteiger partial charge in [0.15, 0.2) is 0 Å². The summed E-state index contributed by atoms with van der Waals surface area (Å²) in [6.07, 6.45) is 5.81. The Morgan fingerprint density at radius 2 is 2.00 bits per heavy atom. The molecule has 86 valence electrons. The summed E-state index contributed by atoms with van der Waals surface area (Å²) in [5.41, 5.74) is 3.33. The highest BCUT2D eigenvalue weighted by Crippen LogP contribution is 2.02. The highest BCUT2D eigenvalue weighted by Gasteiger charge is 2.03. The van der Waals surface area contributed by atoms with Crippen LogP contribution in [0.1, 0.15) is 39.5 Å². The van der Waals surface area contributed by atoms with Crippen molar-refractivity contribution in [3.63, 3.8) is 0 Å². The van der Waals surface area contributed by atoms with E-state index in [1.807, 2.05) is 6.92 Å². The monoisotopic (exact) mass is 230 g/mol. The van der Waals surface area contributed by atoms with Crippen LogP contribution in [0.15, 0.2) is 17.4 Å². The fourth-order valence-corrected chi connectivity index (χ4v) is 1.29. The van der Waals surface area contributed by atoms with Gasteiger partial charge in [-0.25, -0.2) is 4.79 Å². The molecule has 2 nitrogen and oxygen atoms in total. The van der Waals surface area contributed by atoms with Crippen molar-refractivity contribution in [1.29, 1.82) is 0 Å². The molecule has 0 aliphatic rings. The summed E-state index contributed by atoms with van der Waals surface area (Å²) in [7, 11) is 0. The Balaban J connectivity index is 3.52. The second kappa shape index (κ2) is 9.82. The van der Waals surface area contributed by atoms with E-state index in [0.717, 1.165) is 25.7 Å². The van der Waals surface area contributed by atoms with E-state index < -0.39 is 0 Å². The number of rotatable bonds is 7. The molecular weight excluding hydrogens is 212 g/mol. The molecule has 0 unspecified atom stereocenters. The molecule has 0 N–H and O–H groups in total. The van der Waals surface area contributed by atoms with Crippen molar-refractivity contribution in [3.8, 4) is 0 Å². The minimum absolute atomic E-state index is 0.273. The zero-order valence-corrected chi connectivity index (χ0v) is 10.3. The number of carbonyl (C=O) groups is 1. The molecule has 0 rings (SSSR count). The van der Waals surface area contributed by atoms with Crippen LogP contribution in [-0.4, -0.2) is 18.5 Å². The molecule has 0 saturated heterocycles. The van der Waals surface area contributed by atoms with Crippen LogP contribution in [-0.2, 0) is 9.53 Å². The lowest BCUT2D eigenvalue weighted by Gasteiger charge is -2.03. The van der Waals surface area contributed by atoms with Crippen LogP contribution in [0, 0.1) is 0 Å². The topological polar surface area (TPSA) is 26.3 Å². The molecule has 0 aliphatic heterocycles. The number of hydrogen-bond acceptors (Lipinski definition) is 2. The minimum Gasteiger partial charge on any atom is -0.462 e. The quantitative estimate of drug-likeness (QED) is 0.220. The van der Waals surface area contributed by atoms with Crippen molar-refractivity contribution < 1.29 is 9.53 Å². The van der Waals surface area contributed by atoms with Gasteiger partial charge in [-0.1, -0.05) is 12.8 Å². The van der Waals surface area contributed by atoms with Crippen LogP contribution in [0.3, 0.4) is 0 Å². The third-order valence-corrected chi connectivity index (χ3v) is 2.20. The highest BCUT2D eigenvalue weighted by molar-refractivity contribution is 6.17. The van der Waals surface area contributed by atoms with Gasteiger partial charge in [0, 0.05) is 5.88 Å². The minimum atomic E-state index is -0.273. The summed E-state index contributed by atoms with van der Waals surface area (Å²) >= 11 is 5.54. The first-order valence-electron chi connectivity index (χ1n) is 5.33. The van der Waals surface area contributed by atoms with E-state index in [9.17, 15) is 4.79 Å². The Hall–Kier alpha value is -0.720. The van der Waals surface area contributed by atoms with Gasteiger partial charge in [-0.15, -0.1) is 17.3 Å². The lowest BCUT2D eigenvalue weighted by molar-refractivity contribution is -0.139.